The molecule has 0 saturated carbocycles. The van der Waals surface area contributed by atoms with E-state index in [2.05, 4.69) is 4.99 Å². The van der Waals surface area contributed by atoms with Crippen LogP contribution in [0.15, 0.2) is 46.3 Å². The third-order valence-corrected chi connectivity index (χ3v) is 7.41. The molecule has 1 aromatic heterocycles. The summed E-state index contributed by atoms with van der Waals surface area (Å²) in [6.45, 7) is 2.32. The molecule has 0 fully saturated rings. The normalized spacial score (nSPS) is 12.5. The van der Waals surface area contributed by atoms with Crippen molar-refractivity contribution in [3.63, 3.8) is 0 Å². The maximum absolute atomic E-state index is 12.7. The SMILES string of the molecule is CCn1c(=NC(=O)c2ccc(S(=O)(=O)N(C)C)cc2)sc2cc([N+](=O)[O-])cc(OC)c21. The molecule has 0 aliphatic carbocycles. The minimum Gasteiger partial charge on any atom is -0.494 e. The van der Waals surface area contributed by atoms with Crippen LogP contribution < -0.4 is 9.54 Å². The van der Waals surface area contributed by atoms with E-state index in [0.29, 0.717) is 27.3 Å². The lowest BCUT2D eigenvalue weighted by Gasteiger charge is -2.11. The fraction of sp³-hybridized carbons (Fsp3) is 0.263. The van der Waals surface area contributed by atoms with E-state index >= 15 is 0 Å². The number of hydrogen-bond acceptors (Lipinski definition) is 7. The van der Waals surface area contributed by atoms with E-state index in [1.165, 1.54) is 57.6 Å². The van der Waals surface area contributed by atoms with Crippen LogP contribution in [0.2, 0.25) is 0 Å². The van der Waals surface area contributed by atoms with Crippen molar-refractivity contribution >= 4 is 43.2 Å². The number of nitro groups is 1. The molecule has 0 unspecified atom stereocenters. The number of thiazole rings is 1. The van der Waals surface area contributed by atoms with Gasteiger partial charge in [-0.05, 0) is 31.2 Å². The molecule has 0 radical (unpaired) electrons. The van der Waals surface area contributed by atoms with E-state index < -0.39 is 20.9 Å². The number of aryl methyl sites for hydroxylation is 1. The largest absolute Gasteiger partial charge is 0.494 e. The number of aromatic nitrogens is 1. The highest BCUT2D eigenvalue weighted by Crippen LogP contribution is 2.32. The van der Waals surface area contributed by atoms with Crippen molar-refractivity contribution in [3.05, 3.63) is 56.9 Å². The Morgan fingerprint density at radius 1 is 1.26 bits per heavy atom. The predicted octanol–water partition coefficient (Wildman–Crippen LogP) is 2.63. The van der Waals surface area contributed by atoms with Crippen LogP contribution in [0.3, 0.4) is 0 Å². The molecule has 0 atom stereocenters. The summed E-state index contributed by atoms with van der Waals surface area (Å²) in [5.41, 5.74) is 0.708. The van der Waals surface area contributed by atoms with Crippen molar-refractivity contribution in [1.29, 1.82) is 0 Å². The van der Waals surface area contributed by atoms with Gasteiger partial charge in [0.15, 0.2) is 10.6 Å². The Morgan fingerprint density at radius 2 is 1.90 bits per heavy atom. The number of methoxy groups -OCH3 is 1. The fourth-order valence-corrected chi connectivity index (χ4v) is 4.98. The van der Waals surface area contributed by atoms with Gasteiger partial charge in [-0.25, -0.2) is 12.7 Å². The molecule has 0 saturated heterocycles. The van der Waals surface area contributed by atoms with Crippen LogP contribution in [0.25, 0.3) is 10.2 Å². The molecule has 3 rings (SSSR count). The van der Waals surface area contributed by atoms with Gasteiger partial charge in [-0.2, -0.15) is 4.99 Å². The first-order chi connectivity index (χ1) is 14.6. The number of amides is 1. The molecule has 0 aliphatic heterocycles. The summed E-state index contributed by atoms with van der Waals surface area (Å²) in [7, 11) is 0.661. The number of nitrogens with zero attached hydrogens (tertiary/aromatic N) is 4. The molecule has 1 amide bonds. The highest BCUT2D eigenvalue weighted by atomic mass is 32.2. The first kappa shape index (κ1) is 22.6. The molecule has 0 N–H and O–H groups in total. The molecule has 10 nitrogen and oxygen atoms in total. The van der Waals surface area contributed by atoms with E-state index in [-0.39, 0.29) is 16.1 Å². The molecule has 12 heteroatoms. The Bertz CT molecular complexity index is 1340. The third-order valence-electron chi connectivity index (χ3n) is 4.55. The molecule has 0 spiro atoms. The first-order valence-electron chi connectivity index (χ1n) is 9.07. The number of rotatable bonds is 6. The van der Waals surface area contributed by atoms with Crippen LogP contribution >= 0.6 is 11.3 Å². The van der Waals surface area contributed by atoms with Crippen LogP contribution in [-0.4, -0.2) is 49.3 Å². The quantitative estimate of drug-likeness (QED) is 0.408. The zero-order chi connectivity index (χ0) is 22.9. The van der Waals surface area contributed by atoms with E-state index in [0.717, 1.165) is 15.6 Å². The van der Waals surface area contributed by atoms with E-state index in [1.807, 2.05) is 6.92 Å². The molecule has 164 valence electrons. The summed E-state index contributed by atoms with van der Waals surface area (Å²) in [5.74, 6) is -0.245. The zero-order valence-corrected chi connectivity index (χ0v) is 18.9. The van der Waals surface area contributed by atoms with Crippen molar-refractivity contribution in [1.82, 2.24) is 8.87 Å². The van der Waals surface area contributed by atoms with Crippen molar-refractivity contribution in [2.45, 2.75) is 18.4 Å². The lowest BCUT2D eigenvalue weighted by molar-refractivity contribution is -0.384. The number of hydrogen-bond donors (Lipinski definition) is 0. The number of benzene rings is 2. The number of carbonyl (C=O) groups excluding carboxylic acids is 1. The lowest BCUT2D eigenvalue weighted by Crippen LogP contribution is -2.22. The highest BCUT2D eigenvalue weighted by Gasteiger charge is 2.19. The summed E-state index contributed by atoms with van der Waals surface area (Å²) in [6.07, 6.45) is 0. The first-order valence-corrected chi connectivity index (χ1v) is 11.3. The summed E-state index contributed by atoms with van der Waals surface area (Å²) in [5, 5.41) is 11.2. The van der Waals surface area contributed by atoms with Crippen LogP contribution in [0.4, 0.5) is 5.69 Å². The van der Waals surface area contributed by atoms with Gasteiger partial charge in [-0.3, -0.25) is 14.9 Å². The Balaban J connectivity index is 2.10. The number of fused-ring (bicyclic) bond motifs is 1. The van der Waals surface area contributed by atoms with Crippen LogP contribution in [0.1, 0.15) is 17.3 Å². The molecule has 0 bridgehead atoms. The Kier molecular flexibility index (Phi) is 6.25. The van der Waals surface area contributed by atoms with E-state index in [4.69, 9.17) is 4.74 Å². The number of carbonyl (C=O) groups is 1. The monoisotopic (exact) mass is 464 g/mol. The number of non-ortho nitro benzene ring substituents is 1. The maximum Gasteiger partial charge on any atom is 0.279 e. The molecular formula is C19H20N4O6S2. The van der Waals surface area contributed by atoms with Crippen LogP contribution in [0.5, 0.6) is 5.75 Å². The highest BCUT2D eigenvalue weighted by molar-refractivity contribution is 7.89. The smallest absolute Gasteiger partial charge is 0.279 e. The van der Waals surface area contributed by atoms with Crippen molar-refractivity contribution in [3.8, 4) is 5.75 Å². The van der Waals surface area contributed by atoms with Gasteiger partial charge in [0, 0.05) is 32.3 Å². The van der Waals surface area contributed by atoms with E-state index in [9.17, 15) is 23.3 Å². The predicted molar refractivity (Wildman–Crippen MR) is 116 cm³/mol. The maximum atomic E-state index is 12.7. The van der Waals surface area contributed by atoms with Gasteiger partial charge in [0.25, 0.3) is 11.6 Å². The van der Waals surface area contributed by atoms with Gasteiger partial charge < -0.3 is 9.30 Å². The Labute approximate surface area is 182 Å². The molecule has 1 heterocycles. The molecule has 3 aromatic rings. The second kappa shape index (κ2) is 8.57. The van der Waals surface area contributed by atoms with E-state index in [1.54, 1.807) is 4.57 Å². The average Bonchev–Trinajstić information content (AvgIpc) is 3.09. The van der Waals surface area contributed by atoms with Crippen molar-refractivity contribution < 1.29 is 22.9 Å². The topological polar surface area (TPSA) is 124 Å². The number of sulfonamides is 1. The summed E-state index contributed by atoms with van der Waals surface area (Å²) < 4.78 is 33.1. The van der Waals surface area contributed by atoms with Gasteiger partial charge in [0.2, 0.25) is 10.0 Å². The average molecular weight is 465 g/mol. The lowest BCUT2D eigenvalue weighted by atomic mass is 10.2. The molecular weight excluding hydrogens is 444 g/mol. The van der Waals surface area contributed by atoms with Gasteiger partial charge in [-0.1, -0.05) is 11.3 Å². The minimum absolute atomic E-state index is 0.0663. The zero-order valence-electron chi connectivity index (χ0n) is 17.2. The number of nitro benzene ring substituents is 1. The van der Waals surface area contributed by atoms with Gasteiger partial charge in [0.1, 0.15) is 5.52 Å². The van der Waals surface area contributed by atoms with Gasteiger partial charge >= 0.3 is 0 Å². The fourth-order valence-electron chi connectivity index (χ4n) is 2.93. The summed E-state index contributed by atoms with van der Waals surface area (Å²) in [4.78, 5) is 28.0. The minimum atomic E-state index is -3.60. The molecule has 0 aliphatic rings. The Hall–Kier alpha value is -3.09. The summed E-state index contributed by atoms with van der Waals surface area (Å²) >= 11 is 1.13. The van der Waals surface area contributed by atoms with Crippen LogP contribution in [0, 0.1) is 10.1 Å². The molecule has 31 heavy (non-hydrogen) atoms. The van der Waals surface area contributed by atoms with Crippen molar-refractivity contribution in [2.24, 2.45) is 4.99 Å². The summed E-state index contributed by atoms with van der Waals surface area (Å²) in [6, 6.07) is 8.25. The van der Waals surface area contributed by atoms with Gasteiger partial charge in [0.05, 0.1) is 27.7 Å². The standard InChI is InChI=1S/C19H20N4O6S2/c1-5-22-17-15(29-4)10-13(23(25)26)11-16(17)30-19(22)20-18(24)12-6-8-14(9-7-12)31(27,28)21(2)3/h6-11H,5H2,1-4H3. The van der Waals surface area contributed by atoms with Gasteiger partial charge in [-0.15, -0.1) is 0 Å². The van der Waals surface area contributed by atoms with Crippen LogP contribution in [-0.2, 0) is 16.6 Å². The number of ether oxygens (including phenoxy) is 1. The molecule has 2 aromatic carbocycles. The second-order valence-corrected chi connectivity index (χ2v) is 9.77. The van der Waals surface area contributed by atoms with Crippen molar-refractivity contribution in [2.75, 3.05) is 21.2 Å². The Morgan fingerprint density at radius 3 is 2.42 bits per heavy atom. The third kappa shape index (κ3) is 4.22. The second-order valence-electron chi connectivity index (χ2n) is 6.61.